The first-order valence-corrected chi connectivity index (χ1v) is 3.76. The summed E-state index contributed by atoms with van der Waals surface area (Å²) >= 11 is 0. The summed E-state index contributed by atoms with van der Waals surface area (Å²) in [6, 6.07) is 0. The summed E-state index contributed by atoms with van der Waals surface area (Å²) in [5, 5.41) is 24.0. The molecule has 0 radical (unpaired) electrons. The van der Waals surface area contributed by atoms with Gasteiger partial charge in [0.2, 0.25) is 0 Å². The van der Waals surface area contributed by atoms with E-state index in [1.54, 1.807) is 6.92 Å². The van der Waals surface area contributed by atoms with Crippen molar-refractivity contribution in [1.29, 1.82) is 0 Å². The van der Waals surface area contributed by atoms with E-state index in [0.717, 1.165) is 18.9 Å². The number of allylic oxidation sites excluding steroid dienone is 1. The standard InChI is InChI=1S/C4H6O2.C4H10O2/c1-2-3-4(5)6;5-3-1-2-4-6/h2-3H,1H3,(H,5,6);5-6H,1-4H2/b3-2+;. The topological polar surface area (TPSA) is 77.8 Å². The summed E-state index contributed by atoms with van der Waals surface area (Å²) < 4.78 is 0. The van der Waals surface area contributed by atoms with E-state index in [2.05, 4.69) is 0 Å². The van der Waals surface area contributed by atoms with Crippen molar-refractivity contribution in [3.8, 4) is 0 Å². The molecule has 3 N–H and O–H groups in total. The number of rotatable bonds is 4. The molecule has 4 heteroatoms. The molecule has 0 aliphatic carbocycles. The monoisotopic (exact) mass is 176 g/mol. The Bertz CT molecular complexity index is 116. The second-order valence-electron chi connectivity index (χ2n) is 1.99. The number of aliphatic carboxylic acids is 1. The molecule has 0 spiro atoms. The number of unbranched alkanes of at least 4 members (excludes halogenated alkanes) is 1. The Morgan fingerprint density at radius 3 is 1.75 bits per heavy atom. The fraction of sp³-hybridized carbons (Fsp3) is 0.625. The number of aliphatic hydroxyl groups excluding tert-OH is 2. The van der Waals surface area contributed by atoms with Gasteiger partial charge in [-0.1, -0.05) is 6.08 Å². The molecule has 0 bridgehead atoms. The van der Waals surface area contributed by atoms with Crippen LogP contribution in [0.4, 0.5) is 0 Å². The van der Waals surface area contributed by atoms with Crippen LogP contribution in [0.3, 0.4) is 0 Å². The Hall–Kier alpha value is -0.870. The molecule has 0 aromatic carbocycles. The summed E-state index contributed by atoms with van der Waals surface area (Å²) in [5.74, 6) is -0.891. The third-order valence-corrected chi connectivity index (χ3v) is 0.875. The number of hydrogen-bond acceptors (Lipinski definition) is 3. The summed E-state index contributed by atoms with van der Waals surface area (Å²) in [4.78, 5) is 9.51. The zero-order valence-corrected chi connectivity index (χ0v) is 7.23. The maximum atomic E-state index is 9.51. The van der Waals surface area contributed by atoms with Gasteiger partial charge < -0.3 is 15.3 Å². The van der Waals surface area contributed by atoms with Gasteiger partial charge in [-0.3, -0.25) is 0 Å². The maximum Gasteiger partial charge on any atom is 0.327 e. The second-order valence-corrected chi connectivity index (χ2v) is 1.99. The van der Waals surface area contributed by atoms with Gasteiger partial charge in [0.1, 0.15) is 0 Å². The molecule has 0 atom stereocenters. The number of carboxylic acids is 1. The van der Waals surface area contributed by atoms with E-state index in [4.69, 9.17) is 15.3 Å². The lowest BCUT2D eigenvalue weighted by molar-refractivity contribution is -0.131. The van der Waals surface area contributed by atoms with Crippen LogP contribution in [0.5, 0.6) is 0 Å². The Kier molecular flexibility index (Phi) is 14.6. The van der Waals surface area contributed by atoms with E-state index in [0.29, 0.717) is 0 Å². The van der Waals surface area contributed by atoms with Crippen molar-refractivity contribution in [2.24, 2.45) is 0 Å². The van der Waals surface area contributed by atoms with Crippen LogP contribution in [0.25, 0.3) is 0 Å². The van der Waals surface area contributed by atoms with Crippen LogP contribution in [0, 0.1) is 0 Å². The molecule has 0 saturated carbocycles. The van der Waals surface area contributed by atoms with Gasteiger partial charge in [0.25, 0.3) is 0 Å². The van der Waals surface area contributed by atoms with Crippen molar-refractivity contribution in [3.05, 3.63) is 12.2 Å². The molecule has 72 valence electrons. The van der Waals surface area contributed by atoms with Crippen molar-refractivity contribution in [1.82, 2.24) is 0 Å². The molecule has 0 aromatic rings. The predicted molar refractivity (Wildman–Crippen MR) is 45.9 cm³/mol. The lowest BCUT2D eigenvalue weighted by Crippen LogP contribution is -1.85. The van der Waals surface area contributed by atoms with Gasteiger partial charge in [0, 0.05) is 19.3 Å². The Morgan fingerprint density at radius 1 is 1.25 bits per heavy atom. The molecule has 0 amide bonds. The molecule has 0 fully saturated rings. The van der Waals surface area contributed by atoms with Gasteiger partial charge in [-0.05, 0) is 19.8 Å². The minimum absolute atomic E-state index is 0.195. The lowest BCUT2D eigenvalue weighted by Gasteiger charge is -1.85. The van der Waals surface area contributed by atoms with E-state index < -0.39 is 5.97 Å². The van der Waals surface area contributed by atoms with E-state index in [1.807, 2.05) is 0 Å². The molecule has 0 unspecified atom stereocenters. The molecule has 0 aromatic heterocycles. The SMILES string of the molecule is C/C=C/C(=O)O.OCCCCO. The lowest BCUT2D eigenvalue weighted by atomic mass is 10.3. The van der Waals surface area contributed by atoms with Crippen molar-refractivity contribution in [3.63, 3.8) is 0 Å². The van der Waals surface area contributed by atoms with Crippen LogP contribution in [-0.2, 0) is 4.79 Å². The minimum Gasteiger partial charge on any atom is -0.478 e. The van der Waals surface area contributed by atoms with E-state index >= 15 is 0 Å². The molecule has 0 aliphatic heterocycles. The molecular formula is C8H16O4. The normalized spacial score (nSPS) is 9.25. The molecule has 12 heavy (non-hydrogen) atoms. The average Bonchev–Trinajstić information content (AvgIpc) is 2.02. The van der Waals surface area contributed by atoms with Gasteiger partial charge in [-0.25, -0.2) is 4.79 Å². The van der Waals surface area contributed by atoms with Crippen LogP contribution < -0.4 is 0 Å². The number of aliphatic hydroxyl groups is 2. The minimum atomic E-state index is -0.891. The van der Waals surface area contributed by atoms with E-state index in [1.165, 1.54) is 6.08 Å². The fourth-order valence-corrected chi connectivity index (χ4v) is 0.366. The summed E-state index contributed by atoms with van der Waals surface area (Å²) in [5.41, 5.74) is 0. The highest BCUT2D eigenvalue weighted by Crippen LogP contribution is 1.80. The molecule has 0 saturated heterocycles. The number of carbonyl (C=O) groups is 1. The zero-order chi connectivity index (χ0) is 9.82. The van der Waals surface area contributed by atoms with Crippen molar-refractivity contribution < 1.29 is 20.1 Å². The summed E-state index contributed by atoms with van der Waals surface area (Å²) in [6.45, 7) is 2.05. The highest BCUT2D eigenvalue weighted by atomic mass is 16.4. The van der Waals surface area contributed by atoms with Crippen LogP contribution in [0.2, 0.25) is 0 Å². The largest absolute Gasteiger partial charge is 0.478 e. The smallest absolute Gasteiger partial charge is 0.327 e. The van der Waals surface area contributed by atoms with E-state index in [9.17, 15) is 4.79 Å². The predicted octanol–water partition coefficient (Wildman–Crippen LogP) is 0.398. The van der Waals surface area contributed by atoms with Crippen molar-refractivity contribution in [2.75, 3.05) is 13.2 Å². The van der Waals surface area contributed by atoms with Gasteiger partial charge >= 0.3 is 5.97 Å². The quantitative estimate of drug-likeness (QED) is 0.428. The van der Waals surface area contributed by atoms with Crippen molar-refractivity contribution in [2.45, 2.75) is 19.8 Å². The van der Waals surface area contributed by atoms with Crippen LogP contribution in [0.1, 0.15) is 19.8 Å². The molecule has 0 aliphatic rings. The van der Waals surface area contributed by atoms with E-state index in [-0.39, 0.29) is 13.2 Å². The number of carboxylic acid groups (broad SMARTS) is 1. The van der Waals surface area contributed by atoms with Gasteiger partial charge in [0.05, 0.1) is 0 Å². The highest BCUT2D eigenvalue weighted by molar-refractivity contribution is 5.79. The zero-order valence-electron chi connectivity index (χ0n) is 7.23. The maximum absolute atomic E-state index is 9.51. The molecule has 4 nitrogen and oxygen atoms in total. The summed E-state index contributed by atoms with van der Waals surface area (Å²) in [7, 11) is 0. The van der Waals surface area contributed by atoms with Crippen LogP contribution in [-0.4, -0.2) is 34.5 Å². The van der Waals surface area contributed by atoms with Crippen molar-refractivity contribution >= 4 is 5.97 Å². The van der Waals surface area contributed by atoms with Gasteiger partial charge in [0.15, 0.2) is 0 Å². The molecular weight excluding hydrogens is 160 g/mol. The van der Waals surface area contributed by atoms with Crippen LogP contribution >= 0.6 is 0 Å². The highest BCUT2D eigenvalue weighted by Gasteiger charge is 1.77. The third kappa shape index (κ3) is 22.9. The first-order valence-electron chi connectivity index (χ1n) is 3.76. The Morgan fingerprint density at radius 2 is 1.67 bits per heavy atom. The summed E-state index contributed by atoms with van der Waals surface area (Å²) in [6.07, 6.45) is 4.00. The third-order valence-electron chi connectivity index (χ3n) is 0.875. The fourth-order valence-electron chi connectivity index (χ4n) is 0.366. The Balaban J connectivity index is 0. The Labute approximate surface area is 72.2 Å². The molecule has 0 heterocycles. The van der Waals surface area contributed by atoms with Gasteiger partial charge in [-0.15, -0.1) is 0 Å². The first-order chi connectivity index (χ1) is 5.68. The second kappa shape index (κ2) is 12.8. The number of hydrogen-bond donors (Lipinski definition) is 3. The first kappa shape index (κ1) is 13.7. The molecule has 0 rings (SSSR count). The average molecular weight is 176 g/mol. The van der Waals surface area contributed by atoms with Gasteiger partial charge in [-0.2, -0.15) is 0 Å². The van der Waals surface area contributed by atoms with Crippen LogP contribution in [0.15, 0.2) is 12.2 Å².